The van der Waals surface area contributed by atoms with Crippen molar-refractivity contribution in [3.05, 3.63) is 36.5 Å². The third-order valence-corrected chi connectivity index (χ3v) is 9.91. The molecule has 0 saturated carbocycles. The van der Waals surface area contributed by atoms with Crippen LogP contribution in [0.25, 0.3) is 0 Å². The smallest absolute Gasteiger partial charge is 0.306 e. The number of esters is 3. The SMILES string of the molecule is CC/C=C\C/C=C\C/C=C\CCCC(=O)OCC(COC(=O)CCCCCCCCCCCCCCC)OC(=O)CCCCCCCCCCCCCC. The maximum Gasteiger partial charge on any atom is 0.306 e. The van der Waals surface area contributed by atoms with Crippen molar-refractivity contribution in [1.29, 1.82) is 0 Å². The molecule has 0 amide bonds. The van der Waals surface area contributed by atoms with E-state index in [0.29, 0.717) is 25.7 Å². The molecule has 6 heteroatoms. The van der Waals surface area contributed by atoms with E-state index in [9.17, 15) is 14.4 Å². The zero-order valence-electron chi connectivity index (χ0n) is 35.7. The van der Waals surface area contributed by atoms with Gasteiger partial charge in [0.2, 0.25) is 0 Å². The van der Waals surface area contributed by atoms with E-state index in [-0.39, 0.29) is 31.1 Å². The highest BCUT2D eigenvalue weighted by Gasteiger charge is 2.19. The highest BCUT2D eigenvalue weighted by atomic mass is 16.6. The van der Waals surface area contributed by atoms with Gasteiger partial charge in [-0.1, -0.05) is 205 Å². The number of ether oxygens (including phenoxy) is 3. The maximum atomic E-state index is 12.7. The van der Waals surface area contributed by atoms with Crippen molar-refractivity contribution in [1.82, 2.24) is 0 Å². The lowest BCUT2D eigenvalue weighted by Crippen LogP contribution is -2.30. The van der Waals surface area contributed by atoms with Crippen LogP contribution in [0, 0.1) is 0 Å². The van der Waals surface area contributed by atoms with Gasteiger partial charge in [-0.15, -0.1) is 0 Å². The molecule has 0 aliphatic rings. The van der Waals surface area contributed by atoms with Gasteiger partial charge in [-0.2, -0.15) is 0 Å². The molecule has 0 aromatic heterocycles. The molecule has 0 spiro atoms. The molecular weight excluding hydrogens is 673 g/mol. The average molecular weight is 759 g/mol. The van der Waals surface area contributed by atoms with Gasteiger partial charge in [0.15, 0.2) is 6.10 Å². The van der Waals surface area contributed by atoms with Crippen molar-refractivity contribution in [2.75, 3.05) is 13.2 Å². The quantitative estimate of drug-likeness (QED) is 0.0267. The lowest BCUT2D eigenvalue weighted by molar-refractivity contribution is -0.167. The maximum absolute atomic E-state index is 12.7. The molecule has 0 saturated heterocycles. The van der Waals surface area contributed by atoms with Gasteiger partial charge in [0.1, 0.15) is 13.2 Å². The Balaban J connectivity index is 4.40. The molecule has 314 valence electrons. The third kappa shape index (κ3) is 40.8. The molecule has 0 aromatic rings. The van der Waals surface area contributed by atoms with Gasteiger partial charge in [-0.25, -0.2) is 0 Å². The normalized spacial score (nSPS) is 12.3. The van der Waals surface area contributed by atoms with Crippen LogP contribution in [-0.2, 0) is 28.6 Å². The first-order valence-corrected chi connectivity index (χ1v) is 23.0. The van der Waals surface area contributed by atoms with Gasteiger partial charge >= 0.3 is 17.9 Å². The molecule has 0 aromatic carbocycles. The van der Waals surface area contributed by atoms with Crippen LogP contribution < -0.4 is 0 Å². The summed E-state index contributed by atoms with van der Waals surface area (Å²) in [6, 6.07) is 0. The Labute approximate surface area is 334 Å². The largest absolute Gasteiger partial charge is 0.462 e. The van der Waals surface area contributed by atoms with Gasteiger partial charge in [0.05, 0.1) is 0 Å². The van der Waals surface area contributed by atoms with Crippen LogP contribution in [0.15, 0.2) is 36.5 Å². The second-order valence-electron chi connectivity index (χ2n) is 15.3. The second-order valence-corrected chi connectivity index (χ2v) is 15.3. The monoisotopic (exact) mass is 759 g/mol. The van der Waals surface area contributed by atoms with Crippen LogP contribution in [-0.4, -0.2) is 37.2 Å². The Morgan fingerprint density at radius 3 is 1.13 bits per heavy atom. The van der Waals surface area contributed by atoms with Crippen molar-refractivity contribution < 1.29 is 28.6 Å². The van der Waals surface area contributed by atoms with Crippen LogP contribution in [0.5, 0.6) is 0 Å². The fraction of sp³-hybridized carbons (Fsp3) is 0.812. The van der Waals surface area contributed by atoms with Crippen molar-refractivity contribution in [3.63, 3.8) is 0 Å². The van der Waals surface area contributed by atoms with Crippen LogP contribution in [0.4, 0.5) is 0 Å². The van der Waals surface area contributed by atoms with Crippen LogP contribution >= 0.6 is 0 Å². The van der Waals surface area contributed by atoms with Crippen molar-refractivity contribution >= 4 is 17.9 Å². The fourth-order valence-corrected chi connectivity index (χ4v) is 6.47. The standard InChI is InChI=1S/C48H86O6/c1-4-7-10-13-16-19-22-24-27-29-32-35-38-41-47(50)53-44-45(43-52-46(49)40-37-34-31-28-25-21-18-15-12-9-6-3)54-48(51)42-39-36-33-30-26-23-20-17-14-11-8-5-2/h9,12,18,21,28,31,45H,4-8,10-11,13-17,19-20,22-27,29-30,32-44H2,1-3H3/b12-9-,21-18-,31-28-. The number of carbonyl (C=O) groups is 3. The molecule has 54 heavy (non-hydrogen) atoms. The number of carbonyl (C=O) groups excluding carboxylic acids is 3. The summed E-state index contributed by atoms with van der Waals surface area (Å²) >= 11 is 0. The minimum Gasteiger partial charge on any atom is -0.462 e. The molecule has 0 radical (unpaired) electrons. The highest BCUT2D eigenvalue weighted by Crippen LogP contribution is 2.15. The molecule has 6 nitrogen and oxygen atoms in total. The summed E-state index contributed by atoms with van der Waals surface area (Å²) in [5.74, 6) is -0.937. The summed E-state index contributed by atoms with van der Waals surface area (Å²) in [6.07, 6.45) is 48.5. The molecule has 0 fully saturated rings. The number of rotatable bonds is 41. The lowest BCUT2D eigenvalue weighted by Gasteiger charge is -2.18. The zero-order valence-corrected chi connectivity index (χ0v) is 35.7. The van der Waals surface area contributed by atoms with Gasteiger partial charge in [-0.3, -0.25) is 14.4 Å². The predicted octanol–water partition coefficient (Wildman–Crippen LogP) is 14.6. The van der Waals surface area contributed by atoms with Gasteiger partial charge < -0.3 is 14.2 Å². The highest BCUT2D eigenvalue weighted by molar-refractivity contribution is 5.71. The Morgan fingerprint density at radius 2 is 0.722 bits per heavy atom. The first-order chi connectivity index (χ1) is 26.5. The number of unbranched alkanes of at least 4 members (excludes halogenated alkanes) is 24. The van der Waals surface area contributed by atoms with E-state index in [1.54, 1.807) is 0 Å². The second kappa shape index (κ2) is 43.4. The van der Waals surface area contributed by atoms with E-state index in [2.05, 4.69) is 57.2 Å². The summed E-state index contributed by atoms with van der Waals surface area (Å²) in [5.41, 5.74) is 0. The molecule has 0 bridgehead atoms. The molecule has 0 N–H and O–H groups in total. The topological polar surface area (TPSA) is 78.9 Å². The first kappa shape index (κ1) is 51.6. The molecule has 0 aliphatic heterocycles. The van der Waals surface area contributed by atoms with Crippen LogP contribution in [0.1, 0.15) is 233 Å². The molecule has 0 heterocycles. The summed E-state index contributed by atoms with van der Waals surface area (Å²) in [7, 11) is 0. The number of hydrogen-bond acceptors (Lipinski definition) is 6. The van der Waals surface area contributed by atoms with Crippen molar-refractivity contribution in [3.8, 4) is 0 Å². The van der Waals surface area contributed by atoms with E-state index in [1.807, 2.05) is 0 Å². The summed E-state index contributed by atoms with van der Waals surface area (Å²) < 4.78 is 16.7. The predicted molar refractivity (Wildman–Crippen MR) is 229 cm³/mol. The number of hydrogen-bond donors (Lipinski definition) is 0. The molecule has 1 unspecified atom stereocenters. The van der Waals surface area contributed by atoms with Crippen molar-refractivity contribution in [2.24, 2.45) is 0 Å². The van der Waals surface area contributed by atoms with E-state index in [4.69, 9.17) is 14.2 Å². The first-order valence-electron chi connectivity index (χ1n) is 23.0. The minimum atomic E-state index is -0.784. The van der Waals surface area contributed by atoms with E-state index in [1.165, 1.54) is 122 Å². The average Bonchev–Trinajstić information content (AvgIpc) is 3.17. The van der Waals surface area contributed by atoms with Gasteiger partial charge in [0.25, 0.3) is 0 Å². The van der Waals surface area contributed by atoms with E-state index in [0.717, 1.165) is 64.2 Å². The Bertz CT molecular complexity index is 922. The zero-order chi connectivity index (χ0) is 39.4. The van der Waals surface area contributed by atoms with Crippen LogP contribution in [0.3, 0.4) is 0 Å². The fourth-order valence-electron chi connectivity index (χ4n) is 6.47. The van der Waals surface area contributed by atoms with E-state index >= 15 is 0 Å². The van der Waals surface area contributed by atoms with Gasteiger partial charge in [-0.05, 0) is 44.9 Å². The van der Waals surface area contributed by atoms with Crippen molar-refractivity contribution in [2.45, 2.75) is 239 Å². The van der Waals surface area contributed by atoms with Crippen LogP contribution in [0.2, 0.25) is 0 Å². The summed E-state index contributed by atoms with van der Waals surface area (Å²) in [6.45, 7) is 6.47. The molecular formula is C48H86O6. The summed E-state index contributed by atoms with van der Waals surface area (Å²) in [4.78, 5) is 37.7. The Hall–Kier alpha value is -2.37. The lowest BCUT2D eigenvalue weighted by atomic mass is 10.0. The Kier molecular flexibility index (Phi) is 41.5. The number of allylic oxidation sites excluding steroid dienone is 6. The third-order valence-electron chi connectivity index (χ3n) is 9.91. The van der Waals surface area contributed by atoms with E-state index < -0.39 is 6.10 Å². The summed E-state index contributed by atoms with van der Waals surface area (Å²) in [5, 5.41) is 0. The molecule has 0 aliphatic carbocycles. The Morgan fingerprint density at radius 1 is 0.389 bits per heavy atom. The minimum absolute atomic E-state index is 0.0841. The van der Waals surface area contributed by atoms with Gasteiger partial charge in [0, 0.05) is 19.3 Å². The molecule has 1 atom stereocenters. The molecule has 0 rings (SSSR count).